The van der Waals surface area contributed by atoms with Crippen LogP contribution < -0.4 is 10.6 Å². The van der Waals surface area contributed by atoms with Gasteiger partial charge in [-0.05, 0) is 37.1 Å². The molecule has 182 valence electrons. The second-order valence-corrected chi connectivity index (χ2v) is 9.97. The Bertz CT molecular complexity index is 1100. The highest BCUT2D eigenvalue weighted by atomic mass is 32.1. The number of carbonyl (C=O) groups excluding carboxylic acids is 1. The molecule has 4 N–H and O–H groups in total. The van der Waals surface area contributed by atoms with Crippen LogP contribution in [0.3, 0.4) is 0 Å². The normalized spacial score (nSPS) is 25.2. The summed E-state index contributed by atoms with van der Waals surface area (Å²) >= 11 is 1.67. The SMILES string of the molecule is O=C(CCCc1cccs1)N[C@@H]1[C@@H](O)[C@H](n2cnc3c(NC4CCCC4)ncnc32)O[C@@H]1CO. The van der Waals surface area contributed by atoms with E-state index in [1.54, 1.807) is 22.2 Å². The lowest BCUT2D eigenvalue weighted by Gasteiger charge is -2.21. The molecule has 34 heavy (non-hydrogen) atoms. The van der Waals surface area contributed by atoms with Gasteiger partial charge >= 0.3 is 0 Å². The van der Waals surface area contributed by atoms with Gasteiger partial charge in [-0.2, -0.15) is 0 Å². The number of nitrogens with one attached hydrogen (secondary N) is 2. The monoisotopic (exact) mass is 486 g/mol. The van der Waals surface area contributed by atoms with Crippen LogP contribution in [0.1, 0.15) is 49.6 Å². The number of rotatable bonds is 9. The van der Waals surface area contributed by atoms with Crippen molar-refractivity contribution in [1.29, 1.82) is 0 Å². The maximum atomic E-state index is 12.5. The van der Waals surface area contributed by atoms with Gasteiger partial charge in [0, 0.05) is 17.3 Å². The van der Waals surface area contributed by atoms with E-state index in [-0.39, 0.29) is 12.5 Å². The molecule has 1 aliphatic heterocycles. The second-order valence-electron chi connectivity index (χ2n) is 8.94. The van der Waals surface area contributed by atoms with Crippen LogP contribution in [0.15, 0.2) is 30.2 Å². The third kappa shape index (κ3) is 4.78. The number of aromatic nitrogens is 4. The van der Waals surface area contributed by atoms with E-state index >= 15 is 0 Å². The molecule has 3 aromatic rings. The third-order valence-corrected chi connectivity index (χ3v) is 7.55. The van der Waals surface area contributed by atoms with Crippen molar-refractivity contribution in [2.24, 2.45) is 0 Å². The van der Waals surface area contributed by atoms with Crippen LogP contribution in [0, 0.1) is 0 Å². The molecule has 4 atom stereocenters. The van der Waals surface area contributed by atoms with Crippen LogP contribution in [-0.4, -0.2) is 66.5 Å². The van der Waals surface area contributed by atoms with Crippen LogP contribution in [0.2, 0.25) is 0 Å². The Morgan fingerprint density at radius 2 is 2.12 bits per heavy atom. The smallest absolute Gasteiger partial charge is 0.220 e. The number of aryl methyl sites for hydroxylation is 1. The van der Waals surface area contributed by atoms with Gasteiger partial charge in [0.05, 0.1) is 19.0 Å². The number of ether oxygens (including phenoxy) is 1. The molecule has 3 aromatic heterocycles. The van der Waals surface area contributed by atoms with Crippen molar-refractivity contribution in [2.75, 3.05) is 11.9 Å². The van der Waals surface area contributed by atoms with Gasteiger partial charge in [0.15, 0.2) is 23.2 Å². The average molecular weight is 487 g/mol. The number of carbonyl (C=O) groups is 1. The fraction of sp³-hybridized carbons (Fsp3) is 0.565. The Morgan fingerprint density at radius 3 is 2.88 bits per heavy atom. The summed E-state index contributed by atoms with van der Waals surface area (Å²) < 4.78 is 7.60. The Morgan fingerprint density at radius 1 is 1.26 bits per heavy atom. The summed E-state index contributed by atoms with van der Waals surface area (Å²) in [5.74, 6) is 0.488. The third-order valence-electron chi connectivity index (χ3n) is 6.62. The van der Waals surface area contributed by atoms with Crippen molar-refractivity contribution in [3.05, 3.63) is 35.0 Å². The number of amides is 1. The number of aliphatic hydroxyl groups is 2. The molecule has 2 fully saturated rings. The molecule has 1 amide bonds. The molecule has 11 heteroatoms. The minimum atomic E-state index is -1.07. The Hall–Kier alpha value is -2.60. The van der Waals surface area contributed by atoms with Crippen molar-refractivity contribution in [2.45, 2.75) is 75.5 Å². The Labute approximate surface area is 201 Å². The number of aliphatic hydroxyl groups excluding tert-OH is 2. The van der Waals surface area contributed by atoms with Crippen LogP contribution in [-0.2, 0) is 16.0 Å². The van der Waals surface area contributed by atoms with E-state index in [0.29, 0.717) is 35.9 Å². The van der Waals surface area contributed by atoms with E-state index in [1.165, 1.54) is 24.0 Å². The maximum Gasteiger partial charge on any atom is 0.220 e. The van der Waals surface area contributed by atoms with Crippen LogP contribution >= 0.6 is 11.3 Å². The zero-order valence-electron chi connectivity index (χ0n) is 18.8. The quantitative estimate of drug-likeness (QED) is 0.361. The highest BCUT2D eigenvalue weighted by Gasteiger charge is 2.45. The van der Waals surface area contributed by atoms with Gasteiger partial charge in [-0.25, -0.2) is 15.0 Å². The minimum Gasteiger partial charge on any atom is -0.394 e. The highest BCUT2D eigenvalue weighted by Crippen LogP contribution is 2.33. The van der Waals surface area contributed by atoms with Gasteiger partial charge in [0.1, 0.15) is 18.5 Å². The first-order valence-corrected chi connectivity index (χ1v) is 12.7. The van der Waals surface area contributed by atoms with Gasteiger partial charge < -0.3 is 25.6 Å². The molecular formula is C23H30N6O4S. The van der Waals surface area contributed by atoms with Crippen molar-refractivity contribution >= 4 is 34.2 Å². The molecule has 0 spiro atoms. The first-order chi connectivity index (χ1) is 16.6. The fourth-order valence-corrected chi connectivity index (χ4v) is 5.60. The topological polar surface area (TPSA) is 134 Å². The van der Waals surface area contributed by atoms with Gasteiger partial charge in [0.25, 0.3) is 0 Å². The number of hydrogen-bond acceptors (Lipinski definition) is 9. The van der Waals surface area contributed by atoms with E-state index in [0.717, 1.165) is 19.3 Å². The molecule has 0 aromatic carbocycles. The Balaban J connectivity index is 1.27. The van der Waals surface area contributed by atoms with E-state index in [9.17, 15) is 15.0 Å². The first kappa shape index (κ1) is 23.2. The molecular weight excluding hydrogens is 456 g/mol. The summed E-state index contributed by atoms with van der Waals surface area (Å²) in [6.45, 7) is -0.330. The zero-order chi connectivity index (χ0) is 23.5. The largest absolute Gasteiger partial charge is 0.394 e. The number of thiophene rings is 1. The molecule has 2 aliphatic rings. The lowest BCUT2D eigenvalue weighted by Crippen LogP contribution is -2.48. The summed E-state index contributed by atoms with van der Waals surface area (Å²) in [5.41, 5.74) is 1.13. The number of imidazole rings is 1. The van der Waals surface area contributed by atoms with Crippen molar-refractivity contribution in [3.8, 4) is 0 Å². The summed E-state index contributed by atoms with van der Waals surface area (Å²) in [6.07, 6.45) is 6.86. The van der Waals surface area contributed by atoms with E-state index in [4.69, 9.17) is 4.74 Å². The molecule has 1 saturated carbocycles. The van der Waals surface area contributed by atoms with Crippen LogP contribution in [0.5, 0.6) is 0 Å². The number of anilines is 1. The van der Waals surface area contributed by atoms with Gasteiger partial charge in [-0.3, -0.25) is 9.36 Å². The van der Waals surface area contributed by atoms with E-state index in [2.05, 4.69) is 31.7 Å². The molecule has 5 rings (SSSR count). The Kier molecular flexibility index (Phi) is 7.05. The lowest BCUT2D eigenvalue weighted by molar-refractivity contribution is -0.123. The molecule has 1 aliphatic carbocycles. The van der Waals surface area contributed by atoms with E-state index in [1.807, 2.05) is 11.4 Å². The molecule has 0 radical (unpaired) electrons. The predicted molar refractivity (Wildman–Crippen MR) is 127 cm³/mol. The fourth-order valence-electron chi connectivity index (χ4n) is 4.85. The predicted octanol–water partition coefficient (Wildman–Crippen LogP) is 2.00. The summed E-state index contributed by atoms with van der Waals surface area (Å²) in [7, 11) is 0. The summed E-state index contributed by atoms with van der Waals surface area (Å²) in [4.78, 5) is 27.0. The minimum absolute atomic E-state index is 0.177. The summed E-state index contributed by atoms with van der Waals surface area (Å²) in [6, 6.07) is 3.68. The van der Waals surface area contributed by atoms with Crippen molar-refractivity contribution < 1.29 is 19.7 Å². The summed E-state index contributed by atoms with van der Waals surface area (Å²) in [5, 5.41) is 29.2. The van der Waals surface area contributed by atoms with Gasteiger partial charge in [-0.15, -0.1) is 11.3 Å². The zero-order valence-corrected chi connectivity index (χ0v) is 19.7. The standard InChI is InChI=1S/C23H30N6O4S/c30-11-16-18(28-17(31)9-3-7-15-8-4-10-34-15)20(32)23(33-16)29-13-26-19-21(24-12-25-22(19)29)27-14-5-1-2-6-14/h4,8,10,12-14,16,18,20,23,30,32H,1-3,5-7,9,11H2,(H,28,31)(H,24,25,27)/t16-,18+,20-,23-/m1/s1. The van der Waals surface area contributed by atoms with Crippen molar-refractivity contribution in [1.82, 2.24) is 24.8 Å². The van der Waals surface area contributed by atoms with Gasteiger partial charge in [-0.1, -0.05) is 18.9 Å². The highest BCUT2D eigenvalue weighted by molar-refractivity contribution is 7.09. The molecule has 1 saturated heterocycles. The van der Waals surface area contributed by atoms with Crippen LogP contribution in [0.25, 0.3) is 11.2 Å². The lowest BCUT2D eigenvalue weighted by atomic mass is 10.1. The molecule has 4 heterocycles. The molecule has 0 unspecified atom stereocenters. The number of nitrogens with zero attached hydrogens (tertiary/aromatic N) is 4. The molecule has 0 bridgehead atoms. The average Bonchev–Trinajstić information content (AvgIpc) is 3.63. The van der Waals surface area contributed by atoms with E-state index < -0.39 is 24.5 Å². The first-order valence-electron chi connectivity index (χ1n) is 11.8. The molecule has 10 nitrogen and oxygen atoms in total. The van der Waals surface area contributed by atoms with Crippen molar-refractivity contribution in [3.63, 3.8) is 0 Å². The number of hydrogen-bond donors (Lipinski definition) is 4. The van der Waals surface area contributed by atoms with Gasteiger partial charge in [0.2, 0.25) is 5.91 Å². The second kappa shape index (κ2) is 10.3. The maximum absolute atomic E-state index is 12.5. The van der Waals surface area contributed by atoms with Crippen LogP contribution in [0.4, 0.5) is 5.82 Å². The number of fused-ring (bicyclic) bond motifs is 1.